The Bertz CT molecular complexity index is 531. The summed E-state index contributed by atoms with van der Waals surface area (Å²) in [6.45, 7) is 0. The van der Waals surface area contributed by atoms with Crippen LogP contribution in [0.25, 0.3) is 0 Å². The molecule has 2 N–H and O–H groups in total. The fourth-order valence-corrected chi connectivity index (χ4v) is 2.98. The SMILES string of the molecule is NC(=O)c1cc(F)c(Br)c(S(=O)(=O)Cl)c1. The lowest BCUT2D eigenvalue weighted by Crippen LogP contribution is -2.12. The van der Waals surface area contributed by atoms with Crippen molar-refractivity contribution in [3.05, 3.63) is 28.0 Å². The van der Waals surface area contributed by atoms with Crippen LogP contribution >= 0.6 is 26.6 Å². The number of hydrogen-bond acceptors (Lipinski definition) is 3. The molecule has 0 bridgehead atoms. The Kier molecular flexibility index (Phi) is 3.37. The van der Waals surface area contributed by atoms with Gasteiger partial charge in [-0.3, -0.25) is 4.79 Å². The van der Waals surface area contributed by atoms with Gasteiger partial charge in [0.15, 0.2) is 0 Å². The highest BCUT2D eigenvalue weighted by atomic mass is 79.9. The van der Waals surface area contributed by atoms with Crippen LogP contribution in [0.5, 0.6) is 0 Å². The van der Waals surface area contributed by atoms with E-state index in [1.165, 1.54) is 0 Å². The molecular formula is C7H4BrClFNO3S. The highest BCUT2D eigenvalue weighted by Gasteiger charge is 2.20. The molecule has 0 aliphatic carbocycles. The van der Waals surface area contributed by atoms with E-state index in [2.05, 4.69) is 15.9 Å². The fourth-order valence-electron chi connectivity index (χ4n) is 0.884. The number of nitrogens with two attached hydrogens (primary N) is 1. The average Bonchev–Trinajstić information content (AvgIpc) is 2.06. The molecule has 0 saturated heterocycles. The molecule has 0 unspecified atom stereocenters. The molecule has 0 radical (unpaired) electrons. The van der Waals surface area contributed by atoms with Gasteiger partial charge in [0.1, 0.15) is 10.7 Å². The minimum atomic E-state index is -4.13. The highest BCUT2D eigenvalue weighted by molar-refractivity contribution is 9.10. The predicted molar refractivity (Wildman–Crippen MR) is 55.7 cm³/mol. The number of hydrogen-bond donors (Lipinski definition) is 1. The van der Waals surface area contributed by atoms with Crippen molar-refractivity contribution in [2.45, 2.75) is 4.90 Å². The molecule has 1 rings (SSSR count). The van der Waals surface area contributed by atoms with Crippen LogP contribution in [0.1, 0.15) is 10.4 Å². The monoisotopic (exact) mass is 315 g/mol. The van der Waals surface area contributed by atoms with Gasteiger partial charge in [-0.25, -0.2) is 12.8 Å². The van der Waals surface area contributed by atoms with E-state index >= 15 is 0 Å². The second-order valence-electron chi connectivity index (χ2n) is 2.57. The molecule has 0 aliphatic heterocycles. The Hall–Kier alpha value is -0.660. The Morgan fingerprint density at radius 2 is 2.00 bits per heavy atom. The Labute approximate surface area is 97.8 Å². The van der Waals surface area contributed by atoms with Crippen LogP contribution in [0.2, 0.25) is 0 Å². The number of rotatable bonds is 2. The van der Waals surface area contributed by atoms with Crippen LogP contribution in [-0.4, -0.2) is 14.3 Å². The van der Waals surface area contributed by atoms with Crippen molar-refractivity contribution in [1.29, 1.82) is 0 Å². The summed E-state index contributed by atoms with van der Waals surface area (Å²) in [6, 6.07) is 1.72. The second-order valence-corrected chi connectivity index (χ2v) is 5.90. The molecule has 0 spiro atoms. The summed E-state index contributed by atoms with van der Waals surface area (Å²) in [5, 5.41) is 0. The van der Waals surface area contributed by atoms with Gasteiger partial charge in [-0.15, -0.1) is 0 Å². The van der Waals surface area contributed by atoms with Crippen molar-refractivity contribution in [2.24, 2.45) is 5.73 Å². The molecule has 4 nitrogen and oxygen atoms in total. The maximum absolute atomic E-state index is 13.2. The zero-order chi connectivity index (χ0) is 11.8. The summed E-state index contributed by atoms with van der Waals surface area (Å²) in [5.41, 5.74) is 4.62. The summed E-state index contributed by atoms with van der Waals surface area (Å²) in [6.07, 6.45) is 0. The minimum Gasteiger partial charge on any atom is -0.366 e. The molecule has 0 saturated carbocycles. The Morgan fingerprint density at radius 1 is 1.47 bits per heavy atom. The van der Waals surface area contributed by atoms with Gasteiger partial charge in [-0.05, 0) is 28.1 Å². The molecule has 0 heterocycles. The summed E-state index contributed by atoms with van der Waals surface area (Å²) >= 11 is 2.71. The van der Waals surface area contributed by atoms with Gasteiger partial charge in [0, 0.05) is 16.2 Å². The van der Waals surface area contributed by atoms with E-state index in [-0.39, 0.29) is 10.0 Å². The van der Waals surface area contributed by atoms with E-state index in [1.807, 2.05) is 0 Å². The Morgan fingerprint density at radius 3 is 2.40 bits per heavy atom. The van der Waals surface area contributed by atoms with Crippen LogP contribution in [0.3, 0.4) is 0 Å². The molecule has 15 heavy (non-hydrogen) atoms. The molecule has 0 aliphatic rings. The molecular weight excluding hydrogens is 313 g/mol. The van der Waals surface area contributed by atoms with Crippen LogP contribution in [0.15, 0.2) is 21.5 Å². The third-order valence-electron chi connectivity index (χ3n) is 1.54. The molecule has 1 amide bonds. The number of carbonyl (C=O) groups excluding carboxylic acids is 1. The first-order chi connectivity index (χ1) is 6.73. The largest absolute Gasteiger partial charge is 0.366 e. The number of halogens is 3. The third kappa shape index (κ3) is 2.67. The lowest BCUT2D eigenvalue weighted by atomic mass is 10.2. The van der Waals surface area contributed by atoms with Gasteiger partial charge in [-0.1, -0.05) is 0 Å². The minimum absolute atomic E-state index is 0.269. The van der Waals surface area contributed by atoms with Crippen molar-refractivity contribution < 1.29 is 17.6 Å². The number of amides is 1. The molecule has 1 aromatic carbocycles. The summed E-state index contributed by atoms with van der Waals surface area (Å²) in [5.74, 6) is -1.87. The molecule has 8 heteroatoms. The smallest absolute Gasteiger partial charge is 0.262 e. The van der Waals surface area contributed by atoms with Gasteiger partial charge >= 0.3 is 0 Å². The summed E-state index contributed by atoms with van der Waals surface area (Å²) in [7, 11) is 0.901. The van der Waals surface area contributed by atoms with E-state index < -0.39 is 25.7 Å². The van der Waals surface area contributed by atoms with Gasteiger partial charge < -0.3 is 5.73 Å². The zero-order valence-electron chi connectivity index (χ0n) is 7.00. The highest BCUT2D eigenvalue weighted by Crippen LogP contribution is 2.28. The van der Waals surface area contributed by atoms with E-state index in [9.17, 15) is 17.6 Å². The molecule has 82 valence electrons. The van der Waals surface area contributed by atoms with Gasteiger partial charge in [-0.2, -0.15) is 0 Å². The third-order valence-corrected chi connectivity index (χ3v) is 3.96. The van der Waals surface area contributed by atoms with Crippen LogP contribution < -0.4 is 5.73 Å². The topological polar surface area (TPSA) is 77.2 Å². The average molecular weight is 317 g/mol. The van der Waals surface area contributed by atoms with E-state index in [0.29, 0.717) is 0 Å². The van der Waals surface area contributed by atoms with Crippen molar-refractivity contribution in [1.82, 2.24) is 0 Å². The van der Waals surface area contributed by atoms with Crippen molar-refractivity contribution >= 4 is 41.6 Å². The number of primary amides is 1. The summed E-state index contributed by atoms with van der Waals surface area (Å²) in [4.78, 5) is 10.2. The quantitative estimate of drug-likeness (QED) is 0.842. The zero-order valence-corrected chi connectivity index (χ0v) is 10.2. The van der Waals surface area contributed by atoms with Crippen molar-refractivity contribution in [3.63, 3.8) is 0 Å². The van der Waals surface area contributed by atoms with Gasteiger partial charge in [0.2, 0.25) is 5.91 Å². The fraction of sp³-hybridized carbons (Fsp3) is 0. The maximum atomic E-state index is 13.2. The van der Waals surface area contributed by atoms with Gasteiger partial charge in [0.25, 0.3) is 9.05 Å². The molecule has 0 fully saturated rings. The van der Waals surface area contributed by atoms with Crippen LogP contribution in [0, 0.1) is 5.82 Å². The van der Waals surface area contributed by atoms with Crippen LogP contribution in [0.4, 0.5) is 4.39 Å². The van der Waals surface area contributed by atoms with E-state index in [4.69, 9.17) is 16.4 Å². The number of benzene rings is 1. The molecule has 0 aromatic heterocycles. The first-order valence-electron chi connectivity index (χ1n) is 3.47. The van der Waals surface area contributed by atoms with E-state index in [1.54, 1.807) is 0 Å². The first kappa shape index (κ1) is 12.4. The maximum Gasteiger partial charge on any atom is 0.262 e. The van der Waals surface area contributed by atoms with Crippen LogP contribution in [-0.2, 0) is 9.05 Å². The number of carbonyl (C=O) groups is 1. The molecule has 0 atom stereocenters. The second kappa shape index (κ2) is 4.07. The lowest BCUT2D eigenvalue weighted by Gasteiger charge is -2.03. The standard InChI is InChI=1S/C7H4BrClFNO3S/c8-6-4(10)1-3(7(11)12)2-5(6)15(9,13)14/h1-2H,(H2,11,12). The first-order valence-corrected chi connectivity index (χ1v) is 6.57. The summed E-state index contributed by atoms with van der Waals surface area (Å²) < 4.78 is 34.8. The van der Waals surface area contributed by atoms with Crippen molar-refractivity contribution in [2.75, 3.05) is 0 Å². The van der Waals surface area contributed by atoms with Gasteiger partial charge in [0.05, 0.1) is 4.47 Å². The predicted octanol–water partition coefficient (Wildman–Crippen LogP) is 1.61. The Balaban J connectivity index is 3.59. The normalized spacial score (nSPS) is 11.4. The lowest BCUT2D eigenvalue weighted by molar-refractivity contribution is 0.0999. The van der Waals surface area contributed by atoms with Crippen molar-refractivity contribution in [3.8, 4) is 0 Å². The van der Waals surface area contributed by atoms with E-state index in [0.717, 1.165) is 12.1 Å². The molecule has 1 aromatic rings.